The summed E-state index contributed by atoms with van der Waals surface area (Å²) < 4.78 is 1.39. The van der Waals surface area contributed by atoms with Crippen molar-refractivity contribution in [2.75, 3.05) is 11.1 Å². The molecule has 0 spiro atoms. The van der Waals surface area contributed by atoms with Crippen LogP contribution < -0.4 is 5.32 Å². The first kappa shape index (κ1) is 24.9. The highest BCUT2D eigenvalue weighted by Gasteiger charge is 2.24. The molecule has 0 saturated heterocycles. The topological polar surface area (TPSA) is 110 Å². The quantitative estimate of drug-likeness (QED) is 0.351. The van der Waals surface area contributed by atoms with E-state index in [-0.39, 0.29) is 16.7 Å². The monoisotopic (exact) mass is 523 g/mol. The molecule has 0 aliphatic carbocycles. The highest BCUT2D eigenvalue weighted by Crippen LogP contribution is 2.28. The number of hydrogen-bond donors (Lipinski definition) is 2. The third-order valence-electron chi connectivity index (χ3n) is 4.21. The summed E-state index contributed by atoms with van der Waals surface area (Å²) in [5.74, 6) is 4.12. The molecule has 0 aliphatic rings. The van der Waals surface area contributed by atoms with Crippen molar-refractivity contribution in [1.29, 1.82) is 0 Å². The van der Waals surface area contributed by atoms with Crippen LogP contribution in [0, 0.1) is 17.3 Å². The van der Waals surface area contributed by atoms with Gasteiger partial charge in [-0.2, -0.15) is 4.68 Å². The van der Waals surface area contributed by atoms with E-state index >= 15 is 0 Å². The van der Waals surface area contributed by atoms with Crippen LogP contribution in [0.25, 0.3) is 5.69 Å². The summed E-state index contributed by atoms with van der Waals surface area (Å²) in [6.07, 6.45) is 0. The number of benzene rings is 2. The van der Waals surface area contributed by atoms with E-state index in [1.54, 1.807) is 36.4 Å². The first-order valence-electron chi connectivity index (χ1n) is 9.29. The second kappa shape index (κ2) is 10.4. The number of aromatic nitrogens is 4. The van der Waals surface area contributed by atoms with Gasteiger partial charge >= 0.3 is 5.97 Å². The number of tetrazole rings is 1. The molecule has 0 fully saturated rings. The van der Waals surface area contributed by atoms with Gasteiger partial charge in [0.1, 0.15) is 5.41 Å². The van der Waals surface area contributed by atoms with Crippen molar-refractivity contribution in [2.24, 2.45) is 5.41 Å². The Morgan fingerprint density at radius 3 is 2.61 bits per heavy atom. The largest absolute Gasteiger partial charge is 0.480 e. The highest BCUT2D eigenvalue weighted by atomic mass is 35.5. The van der Waals surface area contributed by atoms with E-state index in [1.165, 1.54) is 18.5 Å². The minimum atomic E-state index is -1.19. The molecule has 1 aromatic heterocycles. The Labute approximate surface area is 208 Å². The minimum absolute atomic E-state index is 0.00322. The summed E-state index contributed by atoms with van der Waals surface area (Å²) in [4.78, 5) is 23.6. The van der Waals surface area contributed by atoms with Crippen LogP contribution in [0.5, 0.6) is 0 Å². The van der Waals surface area contributed by atoms with Gasteiger partial charge < -0.3 is 10.4 Å². The van der Waals surface area contributed by atoms with Gasteiger partial charge in [-0.15, -0.1) is 5.10 Å². The minimum Gasteiger partial charge on any atom is -0.480 e. The molecule has 170 valence electrons. The van der Waals surface area contributed by atoms with Gasteiger partial charge in [-0.1, -0.05) is 58.4 Å². The lowest BCUT2D eigenvalue weighted by molar-refractivity contribution is -0.143. The summed E-state index contributed by atoms with van der Waals surface area (Å²) in [5, 5.41) is 24.8. The normalized spacial score (nSPS) is 10.9. The number of nitrogens with zero attached hydrogens (tertiary/aromatic N) is 4. The summed E-state index contributed by atoms with van der Waals surface area (Å²) in [6, 6.07) is 9.68. The molecule has 1 heterocycles. The van der Waals surface area contributed by atoms with Crippen molar-refractivity contribution in [3.8, 4) is 17.5 Å². The Balaban J connectivity index is 1.66. The molecule has 33 heavy (non-hydrogen) atoms. The number of hydrogen-bond acceptors (Lipinski definition) is 6. The Kier molecular flexibility index (Phi) is 7.87. The number of aliphatic carboxylic acids is 1. The summed E-state index contributed by atoms with van der Waals surface area (Å²) in [5.41, 5.74) is 0.214. The van der Waals surface area contributed by atoms with Crippen LogP contribution in [0.2, 0.25) is 15.1 Å². The lowest BCUT2D eigenvalue weighted by Gasteiger charge is -2.10. The van der Waals surface area contributed by atoms with Gasteiger partial charge in [-0.3, -0.25) is 9.59 Å². The van der Waals surface area contributed by atoms with Crippen LogP contribution in [-0.2, 0) is 9.59 Å². The molecule has 0 aliphatic heterocycles. The number of anilines is 1. The molecule has 3 aromatic rings. The van der Waals surface area contributed by atoms with Gasteiger partial charge in [0, 0.05) is 10.6 Å². The smallest absolute Gasteiger partial charge is 0.321 e. The van der Waals surface area contributed by atoms with Crippen LogP contribution in [0.1, 0.15) is 19.4 Å². The van der Waals surface area contributed by atoms with Crippen molar-refractivity contribution in [3.05, 3.63) is 57.0 Å². The van der Waals surface area contributed by atoms with Crippen molar-refractivity contribution in [3.63, 3.8) is 0 Å². The van der Waals surface area contributed by atoms with E-state index in [9.17, 15) is 9.59 Å². The Bertz CT molecular complexity index is 1280. The molecule has 12 heteroatoms. The fraction of sp³-hybridized carbons (Fsp3) is 0.190. The number of carboxylic acids is 1. The molecule has 0 unspecified atom stereocenters. The van der Waals surface area contributed by atoms with Crippen molar-refractivity contribution >= 4 is 64.1 Å². The average Bonchev–Trinajstić information content (AvgIpc) is 3.22. The Morgan fingerprint density at radius 1 is 1.15 bits per heavy atom. The maximum Gasteiger partial charge on any atom is 0.321 e. The zero-order valence-electron chi connectivity index (χ0n) is 17.3. The van der Waals surface area contributed by atoms with Gasteiger partial charge in [-0.05, 0) is 60.7 Å². The third kappa shape index (κ3) is 6.39. The second-order valence-corrected chi connectivity index (χ2v) is 9.37. The Morgan fingerprint density at radius 2 is 1.91 bits per heavy atom. The standard InChI is InChI=1S/C21H16Cl3N5O3S/c1-21(2,19(31)32)8-7-12-3-6-16(15(24)9-12)25-18(30)11-33-20-26-27-28-29(20)17-10-13(22)4-5-14(17)23/h3-6,9-10H,11H2,1-2H3,(H,25,30)(H,31,32). The first-order chi connectivity index (χ1) is 15.6. The molecule has 0 saturated carbocycles. The van der Waals surface area contributed by atoms with Gasteiger partial charge in [0.15, 0.2) is 0 Å². The van der Waals surface area contributed by atoms with Crippen LogP contribution in [0.15, 0.2) is 41.6 Å². The van der Waals surface area contributed by atoms with E-state index in [0.717, 1.165) is 11.8 Å². The lowest BCUT2D eigenvalue weighted by atomic mass is 9.94. The van der Waals surface area contributed by atoms with Crippen LogP contribution in [0.4, 0.5) is 5.69 Å². The molecular weight excluding hydrogens is 509 g/mol. The maximum atomic E-state index is 12.4. The molecule has 8 nitrogen and oxygen atoms in total. The molecule has 0 radical (unpaired) electrons. The fourth-order valence-electron chi connectivity index (χ4n) is 2.36. The molecule has 2 aromatic carbocycles. The second-order valence-electron chi connectivity index (χ2n) is 7.18. The average molecular weight is 525 g/mol. The number of halogens is 3. The van der Waals surface area contributed by atoms with E-state index in [0.29, 0.717) is 32.1 Å². The molecule has 3 rings (SSSR count). The molecule has 0 atom stereocenters. The van der Waals surface area contributed by atoms with Crippen LogP contribution in [0.3, 0.4) is 0 Å². The van der Waals surface area contributed by atoms with E-state index < -0.39 is 11.4 Å². The van der Waals surface area contributed by atoms with Gasteiger partial charge in [0.2, 0.25) is 11.1 Å². The molecule has 2 N–H and O–H groups in total. The van der Waals surface area contributed by atoms with E-state index in [4.69, 9.17) is 39.9 Å². The predicted octanol–water partition coefficient (Wildman–Crippen LogP) is 4.82. The fourth-order valence-corrected chi connectivity index (χ4v) is 3.64. The molecular formula is C21H16Cl3N5O3S. The van der Waals surface area contributed by atoms with Crippen LogP contribution >= 0.6 is 46.6 Å². The first-order valence-corrected chi connectivity index (χ1v) is 11.4. The predicted molar refractivity (Wildman–Crippen MR) is 128 cm³/mol. The van der Waals surface area contributed by atoms with Crippen LogP contribution in [-0.4, -0.2) is 42.9 Å². The third-order valence-corrected chi connectivity index (χ3v) is 5.99. The van der Waals surface area contributed by atoms with Gasteiger partial charge in [0.25, 0.3) is 0 Å². The van der Waals surface area contributed by atoms with Gasteiger partial charge in [-0.25, -0.2) is 0 Å². The van der Waals surface area contributed by atoms with E-state index in [2.05, 4.69) is 32.7 Å². The molecule has 0 bridgehead atoms. The number of carboxylic acid groups (broad SMARTS) is 1. The van der Waals surface area contributed by atoms with Crippen molar-refractivity contribution in [1.82, 2.24) is 20.2 Å². The number of nitrogens with one attached hydrogen (secondary N) is 1. The summed E-state index contributed by atoms with van der Waals surface area (Å²) in [6.45, 7) is 3.01. The number of amides is 1. The van der Waals surface area contributed by atoms with E-state index in [1.807, 2.05) is 0 Å². The number of carbonyl (C=O) groups is 2. The highest BCUT2D eigenvalue weighted by molar-refractivity contribution is 7.99. The van der Waals surface area contributed by atoms with Gasteiger partial charge in [0.05, 0.1) is 27.2 Å². The molecule has 1 amide bonds. The summed E-state index contributed by atoms with van der Waals surface area (Å²) >= 11 is 19.6. The number of thioether (sulfide) groups is 1. The maximum absolute atomic E-state index is 12.4. The van der Waals surface area contributed by atoms with Crippen molar-refractivity contribution < 1.29 is 14.7 Å². The Hall–Kier alpha value is -2.77. The number of rotatable bonds is 6. The SMILES string of the molecule is CC(C)(C#Cc1ccc(NC(=O)CSc2nnnn2-c2cc(Cl)ccc2Cl)c(Cl)c1)C(=O)O. The zero-order chi connectivity index (χ0) is 24.2. The lowest BCUT2D eigenvalue weighted by Crippen LogP contribution is -2.21. The zero-order valence-corrected chi connectivity index (χ0v) is 20.4. The number of carbonyl (C=O) groups excluding carboxylic acids is 1. The van der Waals surface area contributed by atoms with Crippen molar-refractivity contribution in [2.45, 2.75) is 19.0 Å². The summed E-state index contributed by atoms with van der Waals surface area (Å²) in [7, 11) is 0.